The molecule has 0 fully saturated rings. The Morgan fingerprint density at radius 1 is 0.826 bits per heavy atom. The van der Waals surface area contributed by atoms with Crippen LogP contribution in [0.25, 0.3) is 0 Å². The molecule has 0 spiro atoms. The van der Waals surface area contributed by atoms with Crippen molar-refractivity contribution in [2.75, 3.05) is 10.6 Å². The van der Waals surface area contributed by atoms with Crippen molar-refractivity contribution in [3.63, 3.8) is 0 Å². The number of carbonyl (C=O) groups is 2. The summed E-state index contributed by atoms with van der Waals surface area (Å²) in [6, 6.07) is 13.4. The predicted molar refractivity (Wildman–Crippen MR) is 90.9 cm³/mol. The molecule has 0 aliphatic heterocycles. The maximum absolute atomic E-state index is 10.5. The van der Waals surface area contributed by atoms with Crippen LogP contribution < -0.4 is 10.6 Å². The van der Waals surface area contributed by atoms with E-state index in [1.165, 1.54) is 0 Å². The first-order chi connectivity index (χ1) is 11.1. The van der Waals surface area contributed by atoms with Gasteiger partial charge in [-0.15, -0.1) is 0 Å². The minimum absolute atomic E-state index is 0.623. The van der Waals surface area contributed by atoms with Gasteiger partial charge in [0.1, 0.15) is 6.01 Å². The molecule has 0 unspecified atom stereocenters. The summed E-state index contributed by atoms with van der Waals surface area (Å²) < 4.78 is 0. The van der Waals surface area contributed by atoms with E-state index in [1.54, 1.807) is 12.1 Å². The number of aliphatic imine (C=N–C) groups is 2. The number of nitrogens with zero attached hydrogens (tertiary/aromatic N) is 2. The van der Waals surface area contributed by atoms with Crippen LogP contribution in [0, 0.1) is 13.8 Å². The van der Waals surface area contributed by atoms with Gasteiger partial charge in [0.15, 0.2) is 0 Å². The Balaban J connectivity index is 2.24. The van der Waals surface area contributed by atoms with E-state index in [1.807, 2.05) is 38.1 Å². The molecular weight excluding hydrogens is 292 g/mol. The zero-order valence-electron chi connectivity index (χ0n) is 12.8. The lowest BCUT2D eigenvalue weighted by molar-refractivity contribution is -0.106. The molecule has 2 amide bonds. The second kappa shape index (κ2) is 7.68. The number of anilines is 2. The van der Waals surface area contributed by atoms with Crippen molar-refractivity contribution < 1.29 is 9.59 Å². The number of rotatable bonds is 6. The molecule has 6 nitrogen and oxygen atoms in total. The monoisotopic (exact) mass is 308 g/mol. The summed E-state index contributed by atoms with van der Waals surface area (Å²) in [6.07, 6.45) is 1.25. The fourth-order valence-electron chi connectivity index (χ4n) is 1.94. The number of aryl methyl sites for hydroxylation is 2. The maximum atomic E-state index is 10.5. The molecule has 6 heteroatoms. The van der Waals surface area contributed by atoms with E-state index >= 15 is 0 Å². The van der Waals surface area contributed by atoms with E-state index in [2.05, 4.69) is 26.6 Å². The quantitative estimate of drug-likeness (QED) is 0.631. The number of nitrogens with one attached hydrogen (secondary N) is 2. The van der Waals surface area contributed by atoms with Gasteiger partial charge in [-0.3, -0.25) is 9.59 Å². The molecule has 2 N–H and O–H groups in total. The predicted octanol–water partition coefficient (Wildman–Crippen LogP) is 3.58. The molecule has 0 aromatic heterocycles. The molecule has 0 aliphatic carbocycles. The van der Waals surface area contributed by atoms with Gasteiger partial charge in [0.05, 0.1) is 11.4 Å². The van der Waals surface area contributed by atoms with Crippen LogP contribution in [0.4, 0.5) is 22.7 Å². The summed E-state index contributed by atoms with van der Waals surface area (Å²) >= 11 is 0. The Bertz CT molecular complexity index is 730. The maximum Gasteiger partial charge on any atom is 0.211 e. The van der Waals surface area contributed by atoms with Crippen LogP contribution in [0.5, 0.6) is 0 Å². The molecule has 0 heterocycles. The topological polar surface area (TPSA) is 82.9 Å². The summed E-state index contributed by atoms with van der Waals surface area (Å²) in [5.74, 6) is 0. The first-order valence-electron chi connectivity index (χ1n) is 6.92. The van der Waals surface area contributed by atoms with E-state index in [0.29, 0.717) is 35.6 Å². The molecule has 0 saturated heterocycles. The highest BCUT2D eigenvalue weighted by molar-refractivity contribution is 5.77. The van der Waals surface area contributed by atoms with Crippen LogP contribution >= 0.6 is 0 Å². The van der Waals surface area contributed by atoms with Gasteiger partial charge in [0, 0.05) is 11.4 Å². The van der Waals surface area contributed by atoms with E-state index < -0.39 is 0 Å². The van der Waals surface area contributed by atoms with E-state index in [-0.39, 0.29) is 0 Å². The first kappa shape index (κ1) is 16.1. The van der Waals surface area contributed by atoms with Crippen molar-refractivity contribution in [3.05, 3.63) is 47.5 Å². The van der Waals surface area contributed by atoms with Gasteiger partial charge in [0.25, 0.3) is 0 Å². The summed E-state index contributed by atoms with van der Waals surface area (Å²) in [7, 11) is 0. The zero-order chi connectivity index (χ0) is 16.7. The molecular formula is C17H16N4O2. The summed E-state index contributed by atoms with van der Waals surface area (Å²) in [5, 5.41) is 5.22. The van der Waals surface area contributed by atoms with Crippen molar-refractivity contribution >= 4 is 41.6 Å². The highest BCUT2D eigenvalue weighted by Gasteiger charge is 1.99. The second-order valence-electron chi connectivity index (χ2n) is 4.85. The SMILES string of the molecule is Cc1ccc(N=C=Nc2ccc(C)c(NC=O)c2)cc1NC=O. The normalized spacial score (nSPS) is 9.48. The van der Waals surface area contributed by atoms with E-state index in [0.717, 1.165) is 11.1 Å². The van der Waals surface area contributed by atoms with Crippen molar-refractivity contribution in [3.8, 4) is 0 Å². The minimum atomic E-state index is 0.623. The molecule has 0 atom stereocenters. The van der Waals surface area contributed by atoms with Crippen LogP contribution in [0.1, 0.15) is 11.1 Å². The van der Waals surface area contributed by atoms with Gasteiger partial charge in [-0.05, 0) is 49.2 Å². The molecule has 116 valence electrons. The third-order valence-corrected chi connectivity index (χ3v) is 3.23. The average molecular weight is 308 g/mol. The minimum Gasteiger partial charge on any atom is -0.328 e. The third kappa shape index (κ3) is 4.36. The van der Waals surface area contributed by atoms with Crippen molar-refractivity contribution in [2.45, 2.75) is 13.8 Å². The fourth-order valence-corrected chi connectivity index (χ4v) is 1.94. The Hall–Kier alpha value is -3.24. The molecule has 0 saturated carbocycles. The molecule has 2 aromatic rings. The van der Waals surface area contributed by atoms with Gasteiger partial charge < -0.3 is 10.6 Å². The highest BCUT2D eigenvalue weighted by Crippen LogP contribution is 2.23. The van der Waals surface area contributed by atoms with Crippen LogP contribution in [-0.2, 0) is 9.59 Å². The molecule has 0 aliphatic rings. The Labute approximate surface area is 134 Å². The average Bonchev–Trinajstić information content (AvgIpc) is 2.54. The lowest BCUT2D eigenvalue weighted by Gasteiger charge is -2.04. The van der Waals surface area contributed by atoms with Crippen molar-refractivity contribution in [2.24, 2.45) is 9.98 Å². The molecule has 2 rings (SSSR count). The number of amides is 2. The third-order valence-electron chi connectivity index (χ3n) is 3.23. The Morgan fingerprint density at radius 2 is 1.26 bits per heavy atom. The van der Waals surface area contributed by atoms with E-state index in [4.69, 9.17) is 0 Å². The van der Waals surface area contributed by atoms with Gasteiger partial charge >= 0.3 is 0 Å². The van der Waals surface area contributed by atoms with Crippen molar-refractivity contribution in [1.29, 1.82) is 0 Å². The lowest BCUT2D eigenvalue weighted by atomic mass is 10.2. The van der Waals surface area contributed by atoms with Crippen LogP contribution in [0.2, 0.25) is 0 Å². The van der Waals surface area contributed by atoms with Crippen LogP contribution in [0.15, 0.2) is 46.4 Å². The highest BCUT2D eigenvalue weighted by atomic mass is 16.1. The fraction of sp³-hybridized carbons (Fsp3) is 0.118. The lowest BCUT2D eigenvalue weighted by Crippen LogP contribution is -1.95. The van der Waals surface area contributed by atoms with Gasteiger partial charge in [-0.25, -0.2) is 0 Å². The molecule has 2 aromatic carbocycles. The standard InChI is InChI=1S/C17H16N4O2/c1-12-3-5-14(7-16(12)20-10-22)18-9-19-15-6-4-13(2)17(8-15)21-11-23/h3-8,10-11H,1-2H3,(H,20,22)(H,21,23). The first-order valence-corrected chi connectivity index (χ1v) is 6.92. The molecule has 23 heavy (non-hydrogen) atoms. The number of hydrogen-bond acceptors (Lipinski definition) is 4. The van der Waals surface area contributed by atoms with Gasteiger partial charge in [0.2, 0.25) is 12.8 Å². The van der Waals surface area contributed by atoms with Crippen LogP contribution in [-0.4, -0.2) is 18.8 Å². The van der Waals surface area contributed by atoms with Gasteiger partial charge in [-0.1, -0.05) is 12.1 Å². The van der Waals surface area contributed by atoms with Gasteiger partial charge in [-0.2, -0.15) is 9.98 Å². The Morgan fingerprint density at radius 3 is 1.65 bits per heavy atom. The van der Waals surface area contributed by atoms with E-state index in [9.17, 15) is 9.59 Å². The van der Waals surface area contributed by atoms with Crippen LogP contribution in [0.3, 0.4) is 0 Å². The Kier molecular flexibility index (Phi) is 5.39. The molecule has 0 bridgehead atoms. The number of benzene rings is 2. The second-order valence-corrected chi connectivity index (χ2v) is 4.85. The largest absolute Gasteiger partial charge is 0.328 e. The smallest absolute Gasteiger partial charge is 0.211 e. The molecule has 0 radical (unpaired) electrons. The summed E-state index contributed by atoms with van der Waals surface area (Å²) in [6.45, 7) is 3.78. The zero-order valence-corrected chi connectivity index (χ0v) is 12.8. The van der Waals surface area contributed by atoms with Crippen molar-refractivity contribution in [1.82, 2.24) is 0 Å². The number of carbonyl (C=O) groups excluding carboxylic acids is 2. The number of hydrogen-bond donors (Lipinski definition) is 2. The summed E-state index contributed by atoms with van der Waals surface area (Å²) in [4.78, 5) is 29.3. The summed E-state index contributed by atoms with van der Waals surface area (Å²) in [5.41, 5.74) is 4.52.